The molecule has 1 unspecified atom stereocenters. The lowest BCUT2D eigenvalue weighted by molar-refractivity contribution is -0.119. The number of thiazole rings is 1. The summed E-state index contributed by atoms with van der Waals surface area (Å²) in [7, 11) is 1.83. The normalized spacial score (nSPS) is 11.9. The first-order chi connectivity index (χ1) is 12.1. The van der Waals surface area contributed by atoms with Crippen molar-refractivity contribution in [3.05, 3.63) is 36.1 Å². The third kappa shape index (κ3) is 4.32. The van der Waals surface area contributed by atoms with Crippen LogP contribution in [-0.2, 0) is 4.79 Å². The maximum absolute atomic E-state index is 13.3. The molecule has 3 rings (SSSR count). The van der Waals surface area contributed by atoms with Gasteiger partial charge in [0.2, 0.25) is 5.91 Å². The van der Waals surface area contributed by atoms with E-state index in [0.717, 1.165) is 27.4 Å². The van der Waals surface area contributed by atoms with Crippen LogP contribution in [0.1, 0.15) is 27.2 Å². The summed E-state index contributed by atoms with van der Waals surface area (Å²) in [6.45, 7) is 6.62. The second-order valence-electron chi connectivity index (χ2n) is 5.45. The van der Waals surface area contributed by atoms with E-state index in [9.17, 15) is 9.18 Å². The number of amides is 1. The van der Waals surface area contributed by atoms with Crippen LogP contribution in [0.2, 0.25) is 0 Å². The largest absolute Gasteiger partial charge is 0.319 e. The van der Waals surface area contributed by atoms with Crippen molar-refractivity contribution in [3.63, 3.8) is 0 Å². The highest BCUT2D eigenvalue weighted by atomic mass is 32.1. The number of anilines is 1. The minimum absolute atomic E-state index is 0.0312. The highest BCUT2D eigenvalue weighted by Gasteiger charge is 2.17. The molecule has 0 aliphatic rings. The topological polar surface area (TPSA) is 54.0 Å². The Morgan fingerprint density at radius 1 is 1.28 bits per heavy atom. The fourth-order valence-electron chi connectivity index (χ4n) is 2.61. The fourth-order valence-corrected chi connectivity index (χ4v) is 3.62. The van der Waals surface area contributed by atoms with Crippen LogP contribution in [0.5, 0.6) is 0 Å². The molecule has 0 radical (unpaired) electrons. The summed E-state index contributed by atoms with van der Waals surface area (Å²) in [6, 6.07) is 8.41. The first-order valence-corrected chi connectivity index (χ1v) is 9.38. The summed E-state index contributed by atoms with van der Waals surface area (Å²) in [5, 5.41) is 8.29. The first kappa shape index (κ1) is 19.3. The van der Waals surface area contributed by atoms with E-state index < -0.39 is 0 Å². The molecule has 0 fully saturated rings. The van der Waals surface area contributed by atoms with Gasteiger partial charge in [-0.05, 0) is 43.1 Å². The van der Waals surface area contributed by atoms with Gasteiger partial charge in [-0.25, -0.2) is 9.37 Å². The molecule has 2 aromatic carbocycles. The number of aromatic nitrogens is 1. The van der Waals surface area contributed by atoms with Crippen LogP contribution in [0.25, 0.3) is 21.0 Å². The van der Waals surface area contributed by atoms with Crippen molar-refractivity contribution >= 4 is 43.4 Å². The number of fused-ring (bicyclic) bond motifs is 3. The van der Waals surface area contributed by atoms with Crippen LogP contribution < -0.4 is 10.6 Å². The van der Waals surface area contributed by atoms with Gasteiger partial charge in [-0.15, -0.1) is 0 Å². The third-order valence-electron chi connectivity index (χ3n) is 3.88. The lowest BCUT2D eigenvalue weighted by Gasteiger charge is -2.12. The standard InChI is InChI=1S/C17H18FN3OS.C2H6/c1-3-10(9-19-2)16(22)21-17-20-14-7-4-11-8-12(18)5-6-13(11)15(14)23-17;1-2/h4-8,10,19H,3,9H2,1-2H3,(H,20,21,22);1-2H3. The van der Waals surface area contributed by atoms with Gasteiger partial charge in [0.15, 0.2) is 5.13 Å². The number of carbonyl (C=O) groups is 1. The Bertz CT molecular complexity index is 862. The van der Waals surface area contributed by atoms with Crippen LogP contribution in [0.3, 0.4) is 0 Å². The zero-order chi connectivity index (χ0) is 18.4. The number of hydrogen-bond donors (Lipinski definition) is 2. The Balaban J connectivity index is 0.00000109. The lowest BCUT2D eigenvalue weighted by atomic mass is 10.1. The van der Waals surface area contributed by atoms with E-state index in [4.69, 9.17) is 0 Å². The molecule has 1 amide bonds. The Kier molecular flexibility index (Phi) is 6.84. The number of nitrogens with one attached hydrogen (secondary N) is 2. The maximum atomic E-state index is 13.3. The Hall–Kier alpha value is -2.05. The Labute approximate surface area is 151 Å². The minimum atomic E-state index is -0.257. The van der Waals surface area contributed by atoms with Gasteiger partial charge in [0.25, 0.3) is 0 Å². The molecule has 3 aromatic rings. The van der Waals surface area contributed by atoms with Crippen molar-refractivity contribution in [2.45, 2.75) is 27.2 Å². The summed E-state index contributed by atoms with van der Waals surface area (Å²) in [4.78, 5) is 16.8. The number of benzene rings is 2. The quantitative estimate of drug-likeness (QED) is 0.686. The molecule has 0 bridgehead atoms. The molecule has 0 spiro atoms. The molecule has 2 N–H and O–H groups in total. The second-order valence-corrected chi connectivity index (χ2v) is 6.45. The Morgan fingerprint density at radius 3 is 2.72 bits per heavy atom. The van der Waals surface area contributed by atoms with Gasteiger partial charge < -0.3 is 10.6 Å². The molecule has 0 saturated heterocycles. The summed E-state index contributed by atoms with van der Waals surface area (Å²) in [6.07, 6.45) is 0.764. The van der Waals surface area contributed by atoms with Gasteiger partial charge in [-0.2, -0.15) is 0 Å². The predicted octanol–water partition coefficient (Wildman–Crippen LogP) is 4.80. The monoisotopic (exact) mass is 361 g/mol. The van der Waals surface area contributed by atoms with Crippen LogP contribution in [-0.4, -0.2) is 24.5 Å². The van der Waals surface area contributed by atoms with E-state index >= 15 is 0 Å². The first-order valence-electron chi connectivity index (χ1n) is 8.56. The number of carbonyl (C=O) groups excluding carboxylic acids is 1. The summed E-state index contributed by atoms with van der Waals surface area (Å²) in [5.74, 6) is -0.373. The molecule has 25 heavy (non-hydrogen) atoms. The van der Waals surface area contributed by atoms with Gasteiger partial charge in [0, 0.05) is 11.9 Å². The molecule has 1 aromatic heterocycles. The van der Waals surface area contributed by atoms with E-state index in [1.54, 1.807) is 6.07 Å². The highest BCUT2D eigenvalue weighted by Crippen LogP contribution is 2.33. The molecule has 6 heteroatoms. The number of rotatable bonds is 5. The van der Waals surface area contributed by atoms with Crippen molar-refractivity contribution in [3.8, 4) is 0 Å². The van der Waals surface area contributed by atoms with Crippen molar-refractivity contribution in [1.29, 1.82) is 0 Å². The zero-order valence-corrected chi connectivity index (χ0v) is 15.8. The van der Waals surface area contributed by atoms with Crippen LogP contribution in [0.4, 0.5) is 9.52 Å². The number of halogens is 1. The SMILES string of the molecule is CC.CCC(CNC)C(=O)Nc1nc2ccc3cc(F)ccc3c2s1. The molecular formula is C19H24FN3OS. The maximum Gasteiger partial charge on any atom is 0.230 e. The molecular weight excluding hydrogens is 337 g/mol. The van der Waals surface area contributed by atoms with Gasteiger partial charge in [0.05, 0.1) is 16.1 Å². The smallest absolute Gasteiger partial charge is 0.230 e. The summed E-state index contributed by atoms with van der Waals surface area (Å²) >= 11 is 1.42. The van der Waals surface area contributed by atoms with Crippen LogP contribution in [0, 0.1) is 11.7 Å². The predicted molar refractivity (Wildman–Crippen MR) is 105 cm³/mol. The van der Waals surface area contributed by atoms with E-state index in [0.29, 0.717) is 11.7 Å². The third-order valence-corrected chi connectivity index (χ3v) is 4.90. The van der Waals surface area contributed by atoms with Gasteiger partial charge in [-0.3, -0.25) is 4.79 Å². The van der Waals surface area contributed by atoms with Crippen LogP contribution >= 0.6 is 11.3 Å². The van der Waals surface area contributed by atoms with Gasteiger partial charge in [0.1, 0.15) is 5.82 Å². The molecule has 4 nitrogen and oxygen atoms in total. The molecule has 0 aliphatic heterocycles. The van der Waals surface area contributed by atoms with E-state index in [-0.39, 0.29) is 17.6 Å². The average Bonchev–Trinajstić information content (AvgIpc) is 3.03. The van der Waals surface area contributed by atoms with E-state index in [2.05, 4.69) is 15.6 Å². The average molecular weight is 361 g/mol. The van der Waals surface area contributed by atoms with E-state index in [1.165, 1.54) is 23.5 Å². The summed E-state index contributed by atoms with van der Waals surface area (Å²) < 4.78 is 14.3. The van der Waals surface area contributed by atoms with Crippen molar-refractivity contribution in [1.82, 2.24) is 10.3 Å². The molecule has 0 saturated carbocycles. The summed E-state index contributed by atoms with van der Waals surface area (Å²) in [5.41, 5.74) is 0.811. The van der Waals surface area contributed by atoms with Gasteiger partial charge >= 0.3 is 0 Å². The fraction of sp³-hybridized carbons (Fsp3) is 0.368. The van der Waals surface area contributed by atoms with Crippen molar-refractivity contribution in [2.24, 2.45) is 5.92 Å². The second kappa shape index (κ2) is 8.87. The number of nitrogens with zero attached hydrogens (tertiary/aromatic N) is 1. The highest BCUT2D eigenvalue weighted by molar-refractivity contribution is 7.23. The van der Waals surface area contributed by atoms with Gasteiger partial charge in [-0.1, -0.05) is 38.2 Å². The van der Waals surface area contributed by atoms with E-state index in [1.807, 2.05) is 40.0 Å². The Morgan fingerprint density at radius 2 is 2.04 bits per heavy atom. The minimum Gasteiger partial charge on any atom is -0.319 e. The molecule has 1 atom stereocenters. The molecule has 1 heterocycles. The van der Waals surface area contributed by atoms with Crippen molar-refractivity contribution in [2.75, 3.05) is 18.9 Å². The molecule has 0 aliphatic carbocycles. The lowest BCUT2D eigenvalue weighted by Crippen LogP contribution is -2.30. The van der Waals surface area contributed by atoms with Crippen LogP contribution in [0.15, 0.2) is 30.3 Å². The van der Waals surface area contributed by atoms with Crippen molar-refractivity contribution < 1.29 is 9.18 Å². The molecule has 134 valence electrons. The number of hydrogen-bond acceptors (Lipinski definition) is 4. The zero-order valence-electron chi connectivity index (χ0n) is 15.0.